The number of hydrogen-bond donors (Lipinski definition) is 2. The van der Waals surface area contributed by atoms with Crippen LogP contribution in [-0.2, 0) is 4.79 Å². The van der Waals surface area contributed by atoms with Crippen molar-refractivity contribution in [1.29, 1.82) is 0 Å². The second-order valence-corrected chi connectivity index (χ2v) is 3.48. The largest absolute Gasteiger partial charge is 0.366 e. The van der Waals surface area contributed by atoms with Gasteiger partial charge in [0.15, 0.2) is 0 Å². The van der Waals surface area contributed by atoms with Gasteiger partial charge in [0.05, 0.1) is 0 Å². The molecule has 1 aromatic heterocycles. The predicted octanol–water partition coefficient (Wildman–Crippen LogP) is -1.70. The first-order valence-electron chi connectivity index (χ1n) is 4.87. The minimum Gasteiger partial charge on any atom is -0.366 e. The molecule has 1 saturated heterocycles. The van der Waals surface area contributed by atoms with Gasteiger partial charge in [-0.3, -0.25) is 14.7 Å². The zero-order valence-corrected chi connectivity index (χ0v) is 8.59. The van der Waals surface area contributed by atoms with Gasteiger partial charge >= 0.3 is 0 Å². The Morgan fingerprint density at radius 3 is 2.56 bits per heavy atom. The monoisotopic (exact) mass is 224 g/mol. The standard InChI is InChI=1S/C8H12N6O2/c9-8-10-6(11-12-8)7(16)14-3-1-13(5-15)2-4-14/h5H,1-4H2,(H3,9,10,11,12). The molecule has 1 fully saturated rings. The van der Waals surface area contributed by atoms with Crippen LogP contribution < -0.4 is 5.73 Å². The number of H-pyrrole nitrogens is 1. The Bertz CT molecular complexity index is 395. The van der Waals surface area contributed by atoms with E-state index in [2.05, 4.69) is 15.2 Å². The highest BCUT2D eigenvalue weighted by Crippen LogP contribution is 2.04. The average Bonchev–Trinajstić information content (AvgIpc) is 2.75. The molecule has 2 heterocycles. The Balaban J connectivity index is 1.99. The molecule has 0 radical (unpaired) electrons. The van der Waals surface area contributed by atoms with Gasteiger partial charge in [0.25, 0.3) is 5.91 Å². The molecule has 0 aliphatic carbocycles. The lowest BCUT2D eigenvalue weighted by molar-refractivity contribution is -0.119. The van der Waals surface area contributed by atoms with Crippen LogP contribution in [0.3, 0.4) is 0 Å². The molecule has 0 atom stereocenters. The number of hydrogen-bond acceptors (Lipinski definition) is 5. The highest BCUT2D eigenvalue weighted by molar-refractivity contribution is 5.90. The van der Waals surface area contributed by atoms with Crippen molar-refractivity contribution in [2.75, 3.05) is 31.9 Å². The minimum absolute atomic E-state index is 0.0508. The smallest absolute Gasteiger partial charge is 0.291 e. The molecule has 1 aromatic rings. The number of nitrogens with zero attached hydrogens (tertiary/aromatic N) is 4. The number of nitrogens with two attached hydrogens (primary N) is 1. The zero-order valence-electron chi connectivity index (χ0n) is 8.59. The van der Waals surface area contributed by atoms with Gasteiger partial charge in [-0.2, -0.15) is 4.98 Å². The van der Waals surface area contributed by atoms with Gasteiger partial charge in [-0.25, -0.2) is 0 Å². The van der Waals surface area contributed by atoms with Gasteiger partial charge < -0.3 is 15.5 Å². The number of carbonyl (C=O) groups is 2. The first-order valence-corrected chi connectivity index (χ1v) is 4.87. The van der Waals surface area contributed by atoms with Gasteiger partial charge in [0, 0.05) is 26.2 Å². The van der Waals surface area contributed by atoms with E-state index in [0.29, 0.717) is 26.2 Å². The van der Waals surface area contributed by atoms with Crippen LogP contribution in [0, 0.1) is 0 Å². The fraction of sp³-hybridized carbons (Fsp3) is 0.500. The van der Waals surface area contributed by atoms with Crippen molar-refractivity contribution in [3.05, 3.63) is 5.82 Å². The molecule has 0 spiro atoms. The van der Waals surface area contributed by atoms with Crippen molar-refractivity contribution >= 4 is 18.3 Å². The number of rotatable bonds is 2. The number of piperazine rings is 1. The highest BCUT2D eigenvalue weighted by Gasteiger charge is 2.23. The second kappa shape index (κ2) is 4.17. The van der Waals surface area contributed by atoms with E-state index >= 15 is 0 Å². The molecule has 8 heteroatoms. The van der Waals surface area contributed by atoms with Crippen LogP contribution in [0.1, 0.15) is 10.6 Å². The molecule has 1 aliphatic rings. The summed E-state index contributed by atoms with van der Waals surface area (Å²) in [7, 11) is 0. The molecule has 16 heavy (non-hydrogen) atoms. The van der Waals surface area contributed by atoms with Crippen LogP contribution in [0.2, 0.25) is 0 Å². The summed E-state index contributed by atoms with van der Waals surface area (Å²) >= 11 is 0. The molecule has 8 nitrogen and oxygen atoms in total. The van der Waals surface area contributed by atoms with Gasteiger partial charge in [0.2, 0.25) is 18.2 Å². The fourth-order valence-electron chi connectivity index (χ4n) is 1.55. The molecule has 86 valence electrons. The summed E-state index contributed by atoms with van der Waals surface area (Å²) < 4.78 is 0. The number of anilines is 1. The molecule has 0 saturated carbocycles. The zero-order chi connectivity index (χ0) is 11.5. The second-order valence-electron chi connectivity index (χ2n) is 3.48. The van der Waals surface area contributed by atoms with E-state index in [1.807, 2.05) is 0 Å². The van der Waals surface area contributed by atoms with Gasteiger partial charge in [-0.05, 0) is 0 Å². The van der Waals surface area contributed by atoms with E-state index in [0.717, 1.165) is 6.41 Å². The van der Waals surface area contributed by atoms with Crippen LogP contribution in [0.15, 0.2) is 0 Å². The maximum Gasteiger partial charge on any atom is 0.291 e. The first-order chi connectivity index (χ1) is 7.70. The van der Waals surface area contributed by atoms with Crippen molar-refractivity contribution in [2.45, 2.75) is 0 Å². The van der Waals surface area contributed by atoms with Crippen LogP contribution >= 0.6 is 0 Å². The third-order valence-corrected chi connectivity index (χ3v) is 2.46. The predicted molar refractivity (Wildman–Crippen MR) is 54.3 cm³/mol. The van der Waals surface area contributed by atoms with Crippen molar-refractivity contribution in [1.82, 2.24) is 25.0 Å². The SMILES string of the molecule is Nc1n[nH]c(C(=O)N2CCN(C=O)CC2)n1. The van der Waals surface area contributed by atoms with Crippen LogP contribution in [-0.4, -0.2) is 63.5 Å². The summed E-state index contributed by atoms with van der Waals surface area (Å²) in [6.45, 7) is 2.08. The molecule has 0 bridgehead atoms. The van der Waals surface area contributed by atoms with E-state index in [4.69, 9.17) is 5.73 Å². The van der Waals surface area contributed by atoms with Crippen LogP contribution in [0.5, 0.6) is 0 Å². The summed E-state index contributed by atoms with van der Waals surface area (Å²) in [5.74, 6) is -0.0540. The molecule has 1 aliphatic heterocycles. The van der Waals surface area contributed by atoms with Gasteiger partial charge in [-0.15, -0.1) is 5.10 Å². The molecule has 0 aromatic carbocycles. The maximum atomic E-state index is 11.8. The number of carbonyl (C=O) groups excluding carboxylic acids is 2. The molecular formula is C8H12N6O2. The van der Waals surface area contributed by atoms with E-state index in [1.54, 1.807) is 9.80 Å². The van der Waals surface area contributed by atoms with Crippen molar-refractivity contribution in [2.24, 2.45) is 0 Å². The van der Waals surface area contributed by atoms with Crippen molar-refractivity contribution in [3.8, 4) is 0 Å². The Kier molecular flexibility index (Phi) is 2.71. The van der Waals surface area contributed by atoms with Crippen LogP contribution in [0.25, 0.3) is 0 Å². The Morgan fingerprint density at radius 1 is 1.38 bits per heavy atom. The van der Waals surface area contributed by atoms with Crippen molar-refractivity contribution < 1.29 is 9.59 Å². The average molecular weight is 224 g/mol. The third-order valence-electron chi connectivity index (χ3n) is 2.46. The fourth-order valence-corrected chi connectivity index (χ4v) is 1.55. The molecule has 2 amide bonds. The number of nitrogens with one attached hydrogen (secondary N) is 1. The summed E-state index contributed by atoms with van der Waals surface area (Å²) in [6, 6.07) is 0. The summed E-state index contributed by atoms with van der Waals surface area (Å²) in [5.41, 5.74) is 5.31. The Hall–Kier alpha value is -2.12. The van der Waals surface area contributed by atoms with E-state index in [1.165, 1.54) is 0 Å². The minimum atomic E-state index is -0.241. The number of amides is 2. The summed E-state index contributed by atoms with van der Waals surface area (Å²) in [6.07, 6.45) is 0.786. The Labute approximate surface area is 91.4 Å². The molecular weight excluding hydrogens is 212 g/mol. The summed E-state index contributed by atoms with van der Waals surface area (Å²) in [5, 5.41) is 6.06. The van der Waals surface area contributed by atoms with Crippen LogP contribution in [0.4, 0.5) is 5.95 Å². The lowest BCUT2D eigenvalue weighted by Gasteiger charge is -2.31. The number of aromatic amines is 1. The first kappa shape index (κ1) is 10.4. The topological polar surface area (TPSA) is 108 Å². The maximum absolute atomic E-state index is 11.8. The lowest BCUT2D eigenvalue weighted by atomic mass is 10.3. The number of nitrogen functional groups attached to an aromatic ring is 1. The van der Waals surface area contributed by atoms with Gasteiger partial charge in [-0.1, -0.05) is 0 Å². The highest BCUT2D eigenvalue weighted by atomic mass is 16.2. The van der Waals surface area contributed by atoms with E-state index in [9.17, 15) is 9.59 Å². The molecule has 2 rings (SSSR count). The van der Waals surface area contributed by atoms with Gasteiger partial charge in [0.1, 0.15) is 0 Å². The quantitative estimate of drug-likeness (QED) is 0.582. The summed E-state index contributed by atoms with van der Waals surface area (Å²) in [4.78, 5) is 29.3. The normalized spacial score (nSPS) is 16.2. The lowest BCUT2D eigenvalue weighted by Crippen LogP contribution is -2.48. The third kappa shape index (κ3) is 1.95. The number of aromatic nitrogens is 3. The van der Waals surface area contributed by atoms with E-state index in [-0.39, 0.29) is 17.7 Å². The molecule has 0 unspecified atom stereocenters. The Morgan fingerprint density at radius 2 is 2.06 bits per heavy atom. The molecule has 3 N–H and O–H groups in total. The van der Waals surface area contributed by atoms with E-state index < -0.39 is 0 Å². The van der Waals surface area contributed by atoms with Crippen molar-refractivity contribution in [3.63, 3.8) is 0 Å².